The van der Waals surface area contributed by atoms with Crippen molar-refractivity contribution >= 4 is 5.91 Å². The molecule has 0 saturated carbocycles. The van der Waals surface area contributed by atoms with Gasteiger partial charge in [0.05, 0.1) is 11.6 Å². The zero-order chi connectivity index (χ0) is 13.8. The fourth-order valence-electron chi connectivity index (χ4n) is 1.99. The van der Waals surface area contributed by atoms with E-state index in [9.17, 15) is 10.0 Å². The Kier molecular flexibility index (Phi) is 3.80. The molecule has 0 spiro atoms. The Morgan fingerprint density at radius 3 is 2.47 bits per heavy atom. The van der Waals surface area contributed by atoms with Gasteiger partial charge in [0, 0.05) is 12.1 Å². The number of pyridine rings is 1. The molecule has 1 atom stereocenters. The lowest BCUT2D eigenvalue weighted by Gasteiger charge is -2.16. The van der Waals surface area contributed by atoms with Crippen molar-refractivity contribution in [3.05, 3.63) is 70.7 Å². The van der Waals surface area contributed by atoms with E-state index >= 15 is 0 Å². The Morgan fingerprint density at radius 1 is 1.21 bits per heavy atom. The van der Waals surface area contributed by atoms with E-state index in [1.807, 2.05) is 38.1 Å². The lowest BCUT2D eigenvalue weighted by atomic mass is 10.0. The monoisotopic (exact) mass is 256 g/mol. The second-order valence-electron chi connectivity index (χ2n) is 4.50. The lowest BCUT2D eigenvalue weighted by Crippen LogP contribution is -2.29. The summed E-state index contributed by atoms with van der Waals surface area (Å²) in [6.07, 6.45) is 2.63. The van der Waals surface area contributed by atoms with Crippen LogP contribution in [0.4, 0.5) is 0 Å². The van der Waals surface area contributed by atoms with Crippen molar-refractivity contribution in [2.45, 2.75) is 19.9 Å². The number of carbonyl (C=O) groups excluding carboxylic acids is 1. The molecule has 0 aliphatic rings. The zero-order valence-corrected chi connectivity index (χ0v) is 11.0. The highest BCUT2D eigenvalue weighted by Gasteiger charge is 2.13. The molecule has 2 rings (SSSR count). The van der Waals surface area contributed by atoms with Crippen molar-refractivity contribution in [3.63, 3.8) is 0 Å². The van der Waals surface area contributed by atoms with Crippen LogP contribution in [0.3, 0.4) is 0 Å². The summed E-state index contributed by atoms with van der Waals surface area (Å²) in [4.78, 5) is 12.0. The van der Waals surface area contributed by atoms with Gasteiger partial charge in [-0.2, -0.15) is 4.73 Å². The van der Waals surface area contributed by atoms with Crippen LogP contribution in [0.15, 0.2) is 48.8 Å². The fraction of sp³-hybridized carbons (Fsp3) is 0.200. The van der Waals surface area contributed by atoms with Gasteiger partial charge in [0.15, 0.2) is 12.4 Å². The standard InChI is InChI=1S/C15H16N2O2/c1-11-5-3-4-6-14(11)12(2)16-15(18)13-7-9-17(19)10-8-13/h3-10,12H,1-2H3,(H,16,18). The van der Waals surface area contributed by atoms with Crippen LogP contribution in [-0.2, 0) is 0 Å². The third-order valence-corrected chi connectivity index (χ3v) is 3.07. The molecule has 1 aromatic carbocycles. The minimum Gasteiger partial charge on any atom is -0.619 e. The molecule has 4 nitrogen and oxygen atoms in total. The van der Waals surface area contributed by atoms with Crippen molar-refractivity contribution in [3.8, 4) is 0 Å². The third kappa shape index (κ3) is 3.10. The van der Waals surface area contributed by atoms with Crippen molar-refractivity contribution in [2.75, 3.05) is 0 Å². The first-order chi connectivity index (χ1) is 9.08. The molecular formula is C15H16N2O2. The van der Waals surface area contributed by atoms with E-state index in [-0.39, 0.29) is 11.9 Å². The molecule has 1 unspecified atom stereocenters. The maximum atomic E-state index is 12.0. The maximum Gasteiger partial charge on any atom is 0.252 e. The number of aryl methyl sites for hydroxylation is 1. The lowest BCUT2D eigenvalue weighted by molar-refractivity contribution is -0.605. The average molecular weight is 256 g/mol. The van der Waals surface area contributed by atoms with Crippen LogP contribution in [0, 0.1) is 12.1 Å². The quantitative estimate of drug-likeness (QED) is 0.675. The normalized spacial score (nSPS) is 11.9. The Morgan fingerprint density at radius 2 is 1.84 bits per heavy atom. The number of carbonyl (C=O) groups is 1. The smallest absolute Gasteiger partial charge is 0.252 e. The van der Waals surface area contributed by atoms with E-state index < -0.39 is 0 Å². The van der Waals surface area contributed by atoms with Crippen molar-refractivity contribution in [1.29, 1.82) is 0 Å². The fourth-order valence-corrected chi connectivity index (χ4v) is 1.99. The number of benzene rings is 1. The number of hydrogen-bond acceptors (Lipinski definition) is 2. The summed E-state index contributed by atoms with van der Waals surface area (Å²) in [5, 5.41) is 13.8. The van der Waals surface area contributed by atoms with E-state index in [1.165, 1.54) is 24.5 Å². The molecular weight excluding hydrogens is 240 g/mol. The Hall–Kier alpha value is -2.36. The third-order valence-electron chi connectivity index (χ3n) is 3.07. The minimum absolute atomic E-state index is 0.0757. The van der Waals surface area contributed by atoms with Gasteiger partial charge in [0.25, 0.3) is 5.91 Å². The van der Waals surface area contributed by atoms with Crippen LogP contribution in [0.1, 0.15) is 34.5 Å². The molecule has 0 bridgehead atoms. The molecule has 2 aromatic rings. The van der Waals surface area contributed by atoms with E-state index in [2.05, 4.69) is 5.32 Å². The highest BCUT2D eigenvalue weighted by Crippen LogP contribution is 2.17. The van der Waals surface area contributed by atoms with Crippen LogP contribution >= 0.6 is 0 Å². The second kappa shape index (κ2) is 5.52. The van der Waals surface area contributed by atoms with Gasteiger partial charge in [-0.05, 0) is 25.0 Å². The van der Waals surface area contributed by atoms with Gasteiger partial charge in [-0.1, -0.05) is 24.3 Å². The van der Waals surface area contributed by atoms with E-state index in [0.717, 1.165) is 11.1 Å². The molecule has 98 valence electrons. The zero-order valence-electron chi connectivity index (χ0n) is 11.0. The Labute approximate surface area is 112 Å². The van der Waals surface area contributed by atoms with Gasteiger partial charge in [0.2, 0.25) is 0 Å². The van der Waals surface area contributed by atoms with E-state index in [4.69, 9.17) is 0 Å². The Bertz CT molecular complexity index is 579. The largest absolute Gasteiger partial charge is 0.619 e. The van der Waals surface area contributed by atoms with Gasteiger partial charge in [0.1, 0.15) is 0 Å². The van der Waals surface area contributed by atoms with Gasteiger partial charge >= 0.3 is 0 Å². The predicted molar refractivity (Wildman–Crippen MR) is 72.5 cm³/mol. The summed E-state index contributed by atoms with van der Waals surface area (Å²) < 4.78 is 0.654. The van der Waals surface area contributed by atoms with Crippen LogP contribution in [0.2, 0.25) is 0 Å². The molecule has 1 N–H and O–H groups in total. The number of aromatic nitrogens is 1. The van der Waals surface area contributed by atoms with Crippen molar-refractivity contribution < 1.29 is 9.52 Å². The molecule has 0 aliphatic carbocycles. The molecule has 0 saturated heterocycles. The molecule has 4 heteroatoms. The molecule has 0 aliphatic heterocycles. The summed E-state index contributed by atoms with van der Waals surface area (Å²) >= 11 is 0. The molecule has 19 heavy (non-hydrogen) atoms. The number of nitrogens with one attached hydrogen (secondary N) is 1. The SMILES string of the molecule is Cc1ccccc1C(C)NC(=O)c1cc[n+]([O-])cc1. The minimum atomic E-state index is -0.184. The Balaban J connectivity index is 2.11. The number of amides is 1. The van der Waals surface area contributed by atoms with E-state index in [1.54, 1.807) is 0 Å². The van der Waals surface area contributed by atoms with Crippen LogP contribution in [-0.4, -0.2) is 5.91 Å². The number of nitrogens with zero attached hydrogens (tertiary/aromatic N) is 1. The second-order valence-corrected chi connectivity index (χ2v) is 4.50. The highest BCUT2D eigenvalue weighted by atomic mass is 16.5. The first-order valence-electron chi connectivity index (χ1n) is 6.13. The molecule has 1 aromatic heterocycles. The molecule has 1 heterocycles. The first kappa shape index (κ1) is 13.1. The van der Waals surface area contributed by atoms with Crippen LogP contribution in [0.5, 0.6) is 0 Å². The van der Waals surface area contributed by atoms with Crippen molar-refractivity contribution in [2.24, 2.45) is 0 Å². The summed E-state index contributed by atoms with van der Waals surface area (Å²) in [6, 6.07) is 10.9. The van der Waals surface area contributed by atoms with Gasteiger partial charge in [-0.3, -0.25) is 4.79 Å². The van der Waals surface area contributed by atoms with Gasteiger partial charge < -0.3 is 10.5 Å². The summed E-state index contributed by atoms with van der Waals surface area (Å²) in [5.74, 6) is -0.184. The average Bonchev–Trinajstić information content (AvgIpc) is 2.39. The topological polar surface area (TPSA) is 56.0 Å². The molecule has 0 radical (unpaired) electrons. The molecule has 0 fully saturated rings. The van der Waals surface area contributed by atoms with Crippen molar-refractivity contribution in [1.82, 2.24) is 5.32 Å². The van der Waals surface area contributed by atoms with E-state index in [0.29, 0.717) is 10.3 Å². The summed E-state index contributed by atoms with van der Waals surface area (Å²) in [6.45, 7) is 3.96. The highest BCUT2D eigenvalue weighted by molar-refractivity contribution is 5.94. The first-order valence-corrected chi connectivity index (χ1v) is 6.13. The predicted octanol–water partition coefficient (Wildman–Crippen LogP) is 2.12. The number of rotatable bonds is 3. The number of hydrogen-bond donors (Lipinski definition) is 1. The molecule has 1 amide bonds. The summed E-state index contributed by atoms with van der Waals surface area (Å²) in [5.41, 5.74) is 2.71. The van der Waals surface area contributed by atoms with Gasteiger partial charge in [-0.25, -0.2) is 0 Å². The summed E-state index contributed by atoms with van der Waals surface area (Å²) in [7, 11) is 0. The van der Waals surface area contributed by atoms with Gasteiger partial charge in [-0.15, -0.1) is 0 Å². The van der Waals surface area contributed by atoms with Crippen LogP contribution in [0.25, 0.3) is 0 Å². The van der Waals surface area contributed by atoms with Crippen LogP contribution < -0.4 is 10.0 Å². The maximum absolute atomic E-state index is 12.0.